The summed E-state index contributed by atoms with van der Waals surface area (Å²) in [7, 11) is 0. The van der Waals surface area contributed by atoms with Crippen molar-refractivity contribution in [3.8, 4) is 0 Å². The van der Waals surface area contributed by atoms with Gasteiger partial charge in [-0.05, 0) is 32.2 Å². The van der Waals surface area contributed by atoms with Crippen molar-refractivity contribution in [3.63, 3.8) is 0 Å². The molecule has 2 fully saturated rings. The predicted molar refractivity (Wildman–Crippen MR) is 75.8 cm³/mol. The Morgan fingerprint density at radius 1 is 1.40 bits per heavy atom. The summed E-state index contributed by atoms with van der Waals surface area (Å²) in [4.78, 5) is 13.4. The molecule has 2 saturated heterocycles. The van der Waals surface area contributed by atoms with E-state index in [9.17, 15) is 4.79 Å². The van der Waals surface area contributed by atoms with Crippen molar-refractivity contribution < 1.29 is 19.4 Å². The molecule has 2 atom stereocenters. The number of rotatable bonds is 5. The SMILES string of the molecule is CCN(CC(C)C(=O)O)C1CCOC2(CCOCC2)C1. The lowest BCUT2D eigenvalue weighted by Crippen LogP contribution is -2.52. The molecule has 2 unspecified atom stereocenters. The first kappa shape index (κ1) is 15.7. The average molecular weight is 285 g/mol. The maximum Gasteiger partial charge on any atom is 0.307 e. The van der Waals surface area contributed by atoms with Gasteiger partial charge in [0.05, 0.1) is 11.5 Å². The lowest BCUT2D eigenvalue weighted by molar-refractivity contribution is -0.153. The van der Waals surface area contributed by atoms with Crippen molar-refractivity contribution >= 4 is 5.97 Å². The lowest BCUT2D eigenvalue weighted by atomic mass is 9.83. The number of hydrogen-bond acceptors (Lipinski definition) is 4. The van der Waals surface area contributed by atoms with Crippen LogP contribution in [-0.4, -0.2) is 60.5 Å². The molecule has 2 rings (SSSR count). The minimum atomic E-state index is -0.712. The van der Waals surface area contributed by atoms with E-state index in [-0.39, 0.29) is 11.5 Å². The van der Waals surface area contributed by atoms with Gasteiger partial charge in [0.15, 0.2) is 0 Å². The quantitative estimate of drug-likeness (QED) is 0.834. The number of carboxylic acids is 1. The van der Waals surface area contributed by atoms with Gasteiger partial charge in [0.1, 0.15) is 0 Å². The Kier molecular flexibility index (Phi) is 5.41. The maximum atomic E-state index is 11.1. The molecule has 2 heterocycles. The molecule has 5 nitrogen and oxygen atoms in total. The van der Waals surface area contributed by atoms with Gasteiger partial charge in [-0.1, -0.05) is 13.8 Å². The molecule has 5 heteroatoms. The molecule has 0 amide bonds. The van der Waals surface area contributed by atoms with Crippen LogP contribution in [0.1, 0.15) is 39.5 Å². The molecule has 0 aromatic heterocycles. The summed E-state index contributed by atoms with van der Waals surface area (Å²) < 4.78 is 11.5. The molecule has 2 aliphatic rings. The van der Waals surface area contributed by atoms with Crippen LogP contribution in [0.5, 0.6) is 0 Å². The van der Waals surface area contributed by atoms with Gasteiger partial charge < -0.3 is 14.6 Å². The second kappa shape index (κ2) is 6.87. The van der Waals surface area contributed by atoms with E-state index in [1.807, 2.05) is 0 Å². The van der Waals surface area contributed by atoms with Gasteiger partial charge in [0.2, 0.25) is 0 Å². The Balaban J connectivity index is 1.96. The molecule has 0 saturated carbocycles. The second-order valence-corrected chi connectivity index (χ2v) is 6.12. The predicted octanol–water partition coefficient (Wildman–Crippen LogP) is 1.76. The third kappa shape index (κ3) is 3.71. The highest BCUT2D eigenvalue weighted by Crippen LogP contribution is 2.36. The highest BCUT2D eigenvalue weighted by molar-refractivity contribution is 5.69. The number of carbonyl (C=O) groups is 1. The largest absolute Gasteiger partial charge is 0.481 e. The van der Waals surface area contributed by atoms with Gasteiger partial charge in [-0.15, -0.1) is 0 Å². The average Bonchev–Trinajstić information content (AvgIpc) is 2.45. The number of carboxylic acid groups (broad SMARTS) is 1. The van der Waals surface area contributed by atoms with Crippen molar-refractivity contribution in [1.82, 2.24) is 4.90 Å². The van der Waals surface area contributed by atoms with Gasteiger partial charge >= 0.3 is 5.97 Å². The number of hydrogen-bond donors (Lipinski definition) is 1. The summed E-state index contributed by atoms with van der Waals surface area (Å²) in [5.41, 5.74) is -0.0267. The highest BCUT2D eigenvalue weighted by atomic mass is 16.5. The van der Waals surface area contributed by atoms with E-state index in [4.69, 9.17) is 14.6 Å². The zero-order chi connectivity index (χ0) is 14.6. The monoisotopic (exact) mass is 285 g/mol. The Labute approximate surface area is 121 Å². The molecule has 20 heavy (non-hydrogen) atoms. The van der Waals surface area contributed by atoms with Crippen LogP contribution in [0.2, 0.25) is 0 Å². The van der Waals surface area contributed by atoms with E-state index >= 15 is 0 Å². The Hall–Kier alpha value is -0.650. The van der Waals surface area contributed by atoms with Crippen molar-refractivity contribution in [1.29, 1.82) is 0 Å². The normalized spacial score (nSPS) is 27.6. The maximum absolute atomic E-state index is 11.1. The molecule has 2 aliphatic heterocycles. The van der Waals surface area contributed by atoms with Gasteiger partial charge in [0.25, 0.3) is 0 Å². The number of ether oxygens (including phenoxy) is 2. The fourth-order valence-electron chi connectivity index (χ4n) is 3.37. The van der Waals surface area contributed by atoms with E-state index in [1.54, 1.807) is 6.92 Å². The molecule has 1 N–H and O–H groups in total. The van der Waals surface area contributed by atoms with Crippen LogP contribution in [-0.2, 0) is 14.3 Å². The molecular weight excluding hydrogens is 258 g/mol. The zero-order valence-electron chi connectivity index (χ0n) is 12.6. The molecule has 0 aliphatic carbocycles. The van der Waals surface area contributed by atoms with E-state index < -0.39 is 5.97 Å². The van der Waals surface area contributed by atoms with E-state index in [0.717, 1.165) is 52.0 Å². The van der Waals surface area contributed by atoms with Crippen LogP contribution in [0.4, 0.5) is 0 Å². The fraction of sp³-hybridized carbons (Fsp3) is 0.933. The molecular formula is C15H27NO4. The van der Waals surface area contributed by atoms with Crippen molar-refractivity contribution in [2.45, 2.75) is 51.2 Å². The molecule has 1 spiro atoms. The standard InChI is InChI=1S/C15H27NO4/c1-3-16(11-12(2)14(17)18)13-4-7-20-15(10-13)5-8-19-9-6-15/h12-13H,3-11H2,1-2H3,(H,17,18). The van der Waals surface area contributed by atoms with Crippen LogP contribution in [0, 0.1) is 5.92 Å². The third-order valence-corrected chi connectivity index (χ3v) is 4.72. The summed E-state index contributed by atoms with van der Waals surface area (Å²) in [6.07, 6.45) is 3.95. The van der Waals surface area contributed by atoms with Crippen LogP contribution < -0.4 is 0 Å². The molecule has 0 aromatic carbocycles. The van der Waals surface area contributed by atoms with Gasteiger partial charge in [-0.2, -0.15) is 0 Å². The molecule has 0 radical (unpaired) electrons. The zero-order valence-corrected chi connectivity index (χ0v) is 12.6. The van der Waals surface area contributed by atoms with Gasteiger partial charge in [0, 0.05) is 32.4 Å². The van der Waals surface area contributed by atoms with E-state index in [2.05, 4.69) is 11.8 Å². The smallest absolute Gasteiger partial charge is 0.307 e. The highest BCUT2D eigenvalue weighted by Gasteiger charge is 2.40. The van der Waals surface area contributed by atoms with Gasteiger partial charge in [-0.3, -0.25) is 9.69 Å². The summed E-state index contributed by atoms with van der Waals surface area (Å²) in [5, 5.41) is 9.10. The van der Waals surface area contributed by atoms with Gasteiger partial charge in [-0.25, -0.2) is 0 Å². The molecule has 0 aromatic rings. The van der Waals surface area contributed by atoms with E-state index in [0.29, 0.717) is 12.6 Å². The minimum absolute atomic E-state index is 0.0267. The molecule has 0 bridgehead atoms. The topological polar surface area (TPSA) is 59.0 Å². The van der Waals surface area contributed by atoms with E-state index in [1.165, 1.54) is 0 Å². The van der Waals surface area contributed by atoms with Crippen LogP contribution >= 0.6 is 0 Å². The summed E-state index contributed by atoms with van der Waals surface area (Å²) >= 11 is 0. The number of aliphatic carboxylic acids is 1. The fourth-order valence-corrected chi connectivity index (χ4v) is 3.37. The molecule has 116 valence electrons. The Bertz CT molecular complexity index is 322. The summed E-state index contributed by atoms with van der Waals surface area (Å²) in [6.45, 7) is 7.77. The first-order valence-corrected chi connectivity index (χ1v) is 7.75. The third-order valence-electron chi connectivity index (χ3n) is 4.72. The van der Waals surface area contributed by atoms with Crippen molar-refractivity contribution in [3.05, 3.63) is 0 Å². The number of nitrogens with zero attached hydrogens (tertiary/aromatic N) is 1. The Morgan fingerprint density at radius 3 is 2.70 bits per heavy atom. The van der Waals surface area contributed by atoms with Crippen molar-refractivity contribution in [2.75, 3.05) is 32.9 Å². The lowest BCUT2D eigenvalue weighted by Gasteiger charge is -2.46. The Morgan fingerprint density at radius 2 is 2.10 bits per heavy atom. The van der Waals surface area contributed by atoms with Crippen molar-refractivity contribution in [2.24, 2.45) is 5.92 Å². The minimum Gasteiger partial charge on any atom is -0.481 e. The van der Waals surface area contributed by atoms with Crippen LogP contribution in [0.15, 0.2) is 0 Å². The first-order chi connectivity index (χ1) is 9.56. The summed E-state index contributed by atoms with van der Waals surface area (Å²) in [5.74, 6) is -1.03. The van der Waals surface area contributed by atoms with Crippen LogP contribution in [0.25, 0.3) is 0 Å². The van der Waals surface area contributed by atoms with Crippen LogP contribution in [0.3, 0.4) is 0 Å². The first-order valence-electron chi connectivity index (χ1n) is 7.75. The second-order valence-electron chi connectivity index (χ2n) is 6.12. The summed E-state index contributed by atoms with van der Waals surface area (Å²) in [6, 6.07) is 0.439.